The second kappa shape index (κ2) is 7.37. The third-order valence-electron chi connectivity index (χ3n) is 2.95. The number of hydrogen-bond donors (Lipinski definition) is 0. The molecule has 6 heteroatoms. The van der Waals surface area contributed by atoms with E-state index < -0.39 is 15.7 Å². The van der Waals surface area contributed by atoms with Gasteiger partial charge in [0.15, 0.2) is 0 Å². The van der Waals surface area contributed by atoms with Gasteiger partial charge in [-0.05, 0) is 25.5 Å². The van der Waals surface area contributed by atoms with Crippen LogP contribution in [-0.2, 0) is 13.6 Å². The van der Waals surface area contributed by atoms with E-state index in [1.807, 2.05) is 38.1 Å². The Labute approximate surface area is 131 Å². The Morgan fingerprint density at radius 2 is 1.65 bits per heavy atom. The summed E-state index contributed by atoms with van der Waals surface area (Å²) >= 11 is 3.57. The van der Waals surface area contributed by atoms with E-state index in [4.69, 9.17) is 9.05 Å². The lowest BCUT2D eigenvalue weighted by molar-refractivity contribution is 0.217. The third kappa shape index (κ3) is 4.28. The lowest BCUT2D eigenvalue weighted by Crippen LogP contribution is -2.32. The van der Waals surface area contributed by atoms with Gasteiger partial charge in [0.05, 0.1) is 26.6 Å². The van der Waals surface area contributed by atoms with Crippen LogP contribution in [0.2, 0.25) is 19.6 Å². The van der Waals surface area contributed by atoms with Gasteiger partial charge in [0, 0.05) is 4.47 Å². The Hall–Kier alpha value is 0.0669. The fourth-order valence-electron chi connectivity index (χ4n) is 2.35. The molecular weight excluding hydrogens is 355 g/mol. The summed E-state index contributed by atoms with van der Waals surface area (Å²) in [5, 5.41) is -0.175. The maximum Gasteiger partial charge on any atom is 0.335 e. The first kappa shape index (κ1) is 18.1. The molecule has 20 heavy (non-hydrogen) atoms. The minimum absolute atomic E-state index is 0.175. The number of halogens is 1. The largest absolute Gasteiger partial charge is 0.335 e. The van der Waals surface area contributed by atoms with Crippen molar-refractivity contribution in [3.05, 3.63) is 34.3 Å². The van der Waals surface area contributed by atoms with Crippen LogP contribution in [0.3, 0.4) is 0 Å². The monoisotopic (exact) mass is 378 g/mol. The number of hydrogen-bond acceptors (Lipinski definition) is 3. The Bertz CT molecular complexity index is 478. The Kier molecular flexibility index (Phi) is 6.67. The lowest BCUT2D eigenvalue weighted by Gasteiger charge is -2.35. The van der Waals surface area contributed by atoms with Crippen molar-refractivity contribution in [2.75, 3.05) is 13.2 Å². The average Bonchev–Trinajstić information content (AvgIpc) is 2.30. The van der Waals surface area contributed by atoms with Gasteiger partial charge >= 0.3 is 7.60 Å². The minimum atomic E-state index is -3.17. The van der Waals surface area contributed by atoms with Crippen LogP contribution < -0.4 is 0 Å². The minimum Gasteiger partial charge on any atom is -0.309 e. The quantitative estimate of drug-likeness (QED) is 0.455. The van der Waals surface area contributed by atoms with Crippen LogP contribution in [0.5, 0.6) is 0 Å². The van der Waals surface area contributed by atoms with Crippen molar-refractivity contribution in [2.24, 2.45) is 0 Å². The van der Waals surface area contributed by atoms with E-state index >= 15 is 0 Å². The number of benzene rings is 1. The zero-order valence-corrected chi connectivity index (χ0v) is 16.3. The smallest absolute Gasteiger partial charge is 0.309 e. The van der Waals surface area contributed by atoms with Crippen LogP contribution in [0, 0.1) is 0 Å². The maximum absolute atomic E-state index is 13.3. The molecule has 0 fully saturated rings. The van der Waals surface area contributed by atoms with Crippen LogP contribution in [0.25, 0.3) is 0 Å². The van der Waals surface area contributed by atoms with Crippen molar-refractivity contribution >= 4 is 31.6 Å². The first-order valence-corrected chi connectivity index (χ1v) is 12.9. The third-order valence-corrected chi connectivity index (χ3v) is 11.0. The fourth-order valence-corrected chi connectivity index (χ4v) is 10.3. The summed E-state index contributed by atoms with van der Waals surface area (Å²) in [5.41, 5.74) is 1.02. The van der Waals surface area contributed by atoms with Gasteiger partial charge in [-0.2, -0.15) is 0 Å². The second-order valence-electron chi connectivity index (χ2n) is 5.67. The number of rotatable bonds is 7. The Balaban J connectivity index is 3.39. The second-order valence-corrected chi connectivity index (χ2v) is 14.4. The van der Waals surface area contributed by atoms with E-state index in [1.54, 1.807) is 0 Å². The summed E-state index contributed by atoms with van der Waals surface area (Å²) in [7, 11) is -4.98. The molecule has 0 aliphatic heterocycles. The highest BCUT2D eigenvalue weighted by molar-refractivity contribution is 9.10. The summed E-state index contributed by atoms with van der Waals surface area (Å²) in [5.74, 6) is 0. The molecule has 3 nitrogen and oxygen atoms in total. The van der Waals surface area contributed by atoms with E-state index in [9.17, 15) is 4.57 Å². The van der Waals surface area contributed by atoms with Gasteiger partial charge in [-0.1, -0.05) is 53.8 Å². The Morgan fingerprint density at radius 3 is 2.05 bits per heavy atom. The summed E-state index contributed by atoms with van der Waals surface area (Å²) in [6.45, 7) is 11.1. The van der Waals surface area contributed by atoms with Crippen LogP contribution in [0.4, 0.5) is 0 Å². The molecule has 0 bridgehead atoms. The van der Waals surface area contributed by atoms with Crippen LogP contribution in [0.15, 0.2) is 28.7 Å². The molecular formula is C14H24BrO3PSi. The maximum atomic E-state index is 13.3. The van der Waals surface area contributed by atoms with Gasteiger partial charge in [0.25, 0.3) is 0 Å². The van der Waals surface area contributed by atoms with E-state index in [0.717, 1.165) is 10.0 Å². The highest BCUT2D eigenvalue weighted by atomic mass is 79.9. The first-order valence-electron chi connectivity index (χ1n) is 6.89. The highest BCUT2D eigenvalue weighted by Crippen LogP contribution is 2.64. The summed E-state index contributed by atoms with van der Waals surface area (Å²) < 4.78 is 25.5. The van der Waals surface area contributed by atoms with Gasteiger partial charge in [-0.25, -0.2) is 0 Å². The van der Waals surface area contributed by atoms with Gasteiger partial charge in [0.2, 0.25) is 0 Å². The van der Waals surface area contributed by atoms with Crippen LogP contribution >= 0.6 is 23.5 Å². The van der Waals surface area contributed by atoms with Crippen molar-refractivity contribution < 1.29 is 13.6 Å². The molecule has 1 aromatic rings. The molecule has 0 aliphatic rings. The summed E-state index contributed by atoms with van der Waals surface area (Å²) in [6.07, 6.45) is 0. The first-order chi connectivity index (χ1) is 9.26. The Morgan fingerprint density at radius 1 is 1.15 bits per heavy atom. The normalized spacial score (nSPS) is 14.3. The van der Waals surface area contributed by atoms with E-state index in [0.29, 0.717) is 13.2 Å². The van der Waals surface area contributed by atoms with Crippen molar-refractivity contribution in [2.45, 2.75) is 38.8 Å². The molecule has 0 N–H and O–H groups in total. The molecule has 0 aromatic heterocycles. The summed E-state index contributed by atoms with van der Waals surface area (Å²) in [6, 6.07) is 7.92. The molecule has 0 aliphatic carbocycles. The standard InChI is InChI=1S/C14H24BrO3PSi/c1-6-17-19(16,18-7-2)14(20(3,4)5)12-10-8-9-11-13(12)15/h8-11,14H,6-7H2,1-5H3. The van der Waals surface area contributed by atoms with Gasteiger partial charge in [-0.15, -0.1) is 0 Å². The molecule has 0 amide bonds. The lowest BCUT2D eigenvalue weighted by atomic mass is 10.2. The molecule has 114 valence electrons. The van der Waals surface area contributed by atoms with Crippen molar-refractivity contribution in [3.63, 3.8) is 0 Å². The topological polar surface area (TPSA) is 35.5 Å². The zero-order valence-electron chi connectivity index (χ0n) is 12.9. The highest BCUT2D eigenvalue weighted by Gasteiger charge is 2.46. The average molecular weight is 379 g/mol. The van der Waals surface area contributed by atoms with Crippen molar-refractivity contribution in [3.8, 4) is 0 Å². The van der Waals surface area contributed by atoms with Gasteiger partial charge in [-0.3, -0.25) is 4.57 Å². The SMILES string of the molecule is CCOP(=O)(OCC)C(c1ccccc1Br)[Si](C)(C)C. The summed E-state index contributed by atoms with van der Waals surface area (Å²) in [4.78, 5) is 0. The molecule has 1 unspecified atom stereocenters. The van der Waals surface area contributed by atoms with Crippen molar-refractivity contribution in [1.29, 1.82) is 0 Å². The molecule has 1 rings (SSSR count). The van der Waals surface area contributed by atoms with E-state index in [2.05, 4.69) is 35.6 Å². The molecule has 1 atom stereocenters. The van der Waals surface area contributed by atoms with Gasteiger partial charge < -0.3 is 9.05 Å². The molecule has 0 saturated carbocycles. The van der Waals surface area contributed by atoms with E-state index in [1.165, 1.54) is 0 Å². The molecule has 0 radical (unpaired) electrons. The molecule has 0 heterocycles. The molecule has 0 spiro atoms. The predicted octanol–water partition coefficient (Wildman–Crippen LogP) is 5.63. The van der Waals surface area contributed by atoms with Crippen LogP contribution in [0.1, 0.15) is 24.7 Å². The van der Waals surface area contributed by atoms with Crippen molar-refractivity contribution in [1.82, 2.24) is 0 Å². The molecule has 1 aromatic carbocycles. The molecule has 0 saturated heterocycles. The zero-order chi connectivity index (χ0) is 15.4. The van der Waals surface area contributed by atoms with E-state index in [-0.39, 0.29) is 5.28 Å². The fraction of sp³-hybridized carbons (Fsp3) is 0.571. The van der Waals surface area contributed by atoms with Gasteiger partial charge in [0.1, 0.15) is 0 Å². The predicted molar refractivity (Wildman–Crippen MR) is 91.1 cm³/mol. The van der Waals surface area contributed by atoms with Crippen LogP contribution in [-0.4, -0.2) is 21.3 Å².